The third-order valence-electron chi connectivity index (χ3n) is 2.95. The maximum atomic E-state index is 9.14. The van der Waals surface area contributed by atoms with Gasteiger partial charge in [-0.25, -0.2) is 4.98 Å². The number of rotatable bonds is 4. The van der Waals surface area contributed by atoms with E-state index in [4.69, 9.17) is 16.9 Å². The van der Waals surface area contributed by atoms with Crippen LogP contribution in [0.2, 0.25) is 5.02 Å². The molecule has 20 heavy (non-hydrogen) atoms. The zero-order chi connectivity index (χ0) is 14.7. The first-order chi connectivity index (χ1) is 9.51. The van der Waals surface area contributed by atoms with Crippen LogP contribution in [0.3, 0.4) is 0 Å². The molecule has 1 unspecified atom stereocenters. The molecule has 1 heterocycles. The van der Waals surface area contributed by atoms with Gasteiger partial charge in [0.05, 0.1) is 28.0 Å². The predicted molar refractivity (Wildman–Crippen MR) is 84.4 cm³/mol. The lowest BCUT2D eigenvalue weighted by molar-refractivity contribution is 0.801. The molecule has 0 saturated heterocycles. The van der Waals surface area contributed by atoms with Crippen LogP contribution in [0.1, 0.15) is 49.0 Å². The normalized spacial score (nSPS) is 12.2. The van der Waals surface area contributed by atoms with Gasteiger partial charge in [-0.15, -0.1) is 11.3 Å². The van der Waals surface area contributed by atoms with Crippen molar-refractivity contribution in [2.45, 2.75) is 32.7 Å². The maximum absolute atomic E-state index is 9.14. The van der Waals surface area contributed by atoms with Crippen molar-refractivity contribution in [3.63, 3.8) is 0 Å². The van der Waals surface area contributed by atoms with E-state index < -0.39 is 0 Å². The number of hydrogen-bond acceptors (Lipinski definition) is 4. The van der Waals surface area contributed by atoms with Gasteiger partial charge < -0.3 is 5.32 Å². The first kappa shape index (κ1) is 14.8. The third kappa shape index (κ3) is 3.30. The van der Waals surface area contributed by atoms with Gasteiger partial charge in [0, 0.05) is 16.3 Å². The summed E-state index contributed by atoms with van der Waals surface area (Å²) in [5.41, 5.74) is 2.32. The summed E-state index contributed by atoms with van der Waals surface area (Å²) in [4.78, 5) is 4.63. The van der Waals surface area contributed by atoms with E-state index in [0.717, 1.165) is 16.4 Å². The monoisotopic (exact) mass is 305 g/mol. The highest BCUT2D eigenvalue weighted by Gasteiger charge is 2.13. The summed E-state index contributed by atoms with van der Waals surface area (Å²) in [6, 6.07) is 7.47. The van der Waals surface area contributed by atoms with E-state index in [2.05, 4.69) is 35.6 Å². The fourth-order valence-corrected chi connectivity index (χ4v) is 2.91. The summed E-state index contributed by atoms with van der Waals surface area (Å²) in [5, 5.41) is 16.2. The van der Waals surface area contributed by atoms with E-state index in [1.807, 2.05) is 13.0 Å². The van der Waals surface area contributed by atoms with Crippen LogP contribution >= 0.6 is 22.9 Å². The van der Waals surface area contributed by atoms with Gasteiger partial charge in [0.2, 0.25) is 0 Å². The fraction of sp³-hybridized carbons (Fsp3) is 0.333. The van der Waals surface area contributed by atoms with Gasteiger partial charge in [-0.1, -0.05) is 25.4 Å². The average molecular weight is 306 g/mol. The second kappa shape index (κ2) is 6.25. The quantitative estimate of drug-likeness (QED) is 0.868. The molecule has 0 aliphatic carbocycles. The Labute approximate surface area is 128 Å². The van der Waals surface area contributed by atoms with E-state index in [0.29, 0.717) is 16.5 Å². The lowest BCUT2D eigenvalue weighted by atomic mass is 10.1. The summed E-state index contributed by atoms with van der Waals surface area (Å²) in [7, 11) is 0. The number of thiazole rings is 1. The van der Waals surface area contributed by atoms with Crippen molar-refractivity contribution < 1.29 is 0 Å². The number of aromatic nitrogens is 1. The third-order valence-corrected chi connectivity index (χ3v) is 4.35. The molecule has 0 radical (unpaired) electrons. The highest BCUT2D eigenvalue weighted by atomic mass is 35.5. The van der Waals surface area contributed by atoms with Crippen molar-refractivity contribution in [2.75, 3.05) is 5.32 Å². The molecule has 1 atom stereocenters. The van der Waals surface area contributed by atoms with Crippen molar-refractivity contribution >= 4 is 28.6 Å². The van der Waals surface area contributed by atoms with Gasteiger partial charge in [-0.05, 0) is 25.1 Å². The largest absolute Gasteiger partial charge is 0.376 e. The van der Waals surface area contributed by atoms with E-state index >= 15 is 0 Å². The van der Waals surface area contributed by atoms with Crippen molar-refractivity contribution in [3.05, 3.63) is 44.9 Å². The molecule has 0 saturated carbocycles. The molecule has 104 valence electrons. The molecule has 1 aromatic heterocycles. The molecule has 0 bridgehead atoms. The number of benzene rings is 1. The van der Waals surface area contributed by atoms with Crippen molar-refractivity contribution in [2.24, 2.45) is 0 Å². The Morgan fingerprint density at radius 3 is 2.70 bits per heavy atom. The summed E-state index contributed by atoms with van der Waals surface area (Å²) in [6.07, 6.45) is 0. The Kier molecular flexibility index (Phi) is 4.64. The second-order valence-electron chi connectivity index (χ2n) is 4.93. The van der Waals surface area contributed by atoms with Crippen molar-refractivity contribution in [1.29, 1.82) is 5.26 Å². The molecule has 0 fully saturated rings. The van der Waals surface area contributed by atoms with Crippen molar-refractivity contribution in [1.82, 2.24) is 4.98 Å². The molecule has 5 heteroatoms. The highest BCUT2D eigenvalue weighted by molar-refractivity contribution is 7.09. The first-order valence-corrected chi connectivity index (χ1v) is 7.68. The van der Waals surface area contributed by atoms with Crippen LogP contribution in [-0.4, -0.2) is 4.98 Å². The number of halogens is 1. The summed E-state index contributed by atoms with van der Waals surface area (Å²) in [5.74, 6) is 0.436. The Balaban J connectivity index is 2.19. The van der Waals surface area contributed by atoms with Gasteiger partial charge in [-0.2, -0.15) is 5.26 Å². The maximum Gasteiger partial charge on any atom is 0.101 e. The number of hydrogen-bond donors (Lipinski definition) is 1. The Morgan fingerprint density at radius 1 is 1.35 bits per heavy atom. The zero-order valence-corrected chi connectivity index (χ0v) is 13.2. The Hall–Kier alpha value is -1.57. The summed E-state index contributed by atoms with van der Waals surface area (Å²) < 4.78 is 0. The number of nitriles is 1. The lowest BCUT2D eigenvalue weighted by Gasteiger charge is -2.14. The molecule has 0 aliphatic heterocycles. The predicted octanol–water partition coefficient (Wildman–Crippen LogP) is 4.96. The summed E-state index contributed by atoms with van der Waals surface area (Å²) in [6.45, 7) is 6.30. The van der Waals surface area contributed by atoms with E-state index in [1.165, 1.54) is 0 Å². The topological polar surface area (TPSA) is 48.7 Å². The van der Waals surface area contributed by atoms with Crippen molar-refractivity contribution in [3.8, 4) is 6.07 Å². The molecule has 1 N–H and O–H groups in total. The van der Waals surface area contributed by atoms with Crippen LogP contribution < -0.4 is 5.32 Å². The minimum atomic E-state index is 0.0482. The van der Waals surface area contributed by atoms with Gasteiger partial charge in [0.1, 0.15) is 6.07 Å². The molecule has 1 aromatic carbocycles. The summed E-state index contributed by atoms with van der Waals surface area (Å²) >= 11 is 7.57. The van der Waals surface area contributed by atoms with E-state index in [9.17, 15) is 0 Å². The molecule has 0 amide bonds. The minimum absolute atomic E-state index is 0.0482. The molecule has 3 nitrogen and oxygen atoms in total. The number of anilines is 1. The number of nitrogens with one attached hydrogen (secondary N) is 1. The fourth-order valence-electron chi connectivity index (χ4n) is 1.81. The second-order valence-corrected chi connectivity index (χ2v) is 6.26. The molecule has 0 aliphatic rings. The minimum Gasteiger partial charge on any atom is -0.376 e. The standard InChI is InChI=1S/C15H16ClN3S/c1-9(2)15-19-14(8-20-15)10(3)18-13-5-4-12(16)6-11(13)7-17/h4-6,8-10,18H,1-3H3. The van der Waals surface area contributed by atoms with Gasteiger partial charge in [0.25, 0.3) is 0 Å². The van der Waals surface area contributed by atoms with Crippen LogP contribution in [0.5, 0.6) is 0 Å². The van der Waals surface area contributed by atoms with Crippen LogP contribution in [0.4, 0.5) is 5.69 Å². The first-order valence-electron chi connectivity index (χ1n) is 6.42. The highest BCUT2D eigenvalue weighted by Crippen LogP contribution is 2.27. The van der Waals surface area contributed by atoms with Crippen LogP contribution in [0.25, 0.3) is 0 Å². The van der Waals surface area contributed by atoms with Gasteiger partial charge in [-0.3, -0.25) is 0 Å². The SMILES string of the molecule is CC(C)c1nc(C(C)Nc2ccc(Cl)cc2C#N)cs1. The Bertz CT molecular complexity index is 643. The zero-order valence-electron chi connectivity index (χ0n) is 11.6. The van der Waals surface area contributed by atoms with Crippen LogP contribution in [0, 0.1) is 11.3 Å². The van der Waals surface area contributed by atoms with Crippen LogP contribution in [-0.2, 0) is 0 Å². The smallest absolute Gasteiger partial charge is 0.101 e. The average Bonchev–Trinajstić information content (AvgIpc) is 2.90. The van der Waals surface area contributed by atoms with E-state index in [-0.39, 0.29) is 6.04 Å². The molecule has 2 aromatic rings. The number of nitrogens with zero attached hydrogens (tertiary/aromatic N) is 2. The molecule has 0 spiro atoms. The lowest BCUT2D eigenvalue weighted by Crippen LogP contribution is -2.08. The van der Waals surface area contributed by atoms with Gasteiger partial charge in [0.15, 0.2) is 0 Å². The Morgan fingerprint density at radius 2 is 2.10 bits per heavy atom. The molecule has 2 rings (SSSR count). The van der Waals surface area contributed by atoms with E-state index in [1.54, 1.807) is 23.5 Å². The van der Waals surface area contributed by atoms with Gasteiger partial charge >= 0.3 is 0 Å². The molecular weight excluding hydrogens is 290 g/mol. The van der Waals surface area contributed by atoms with Crippen LogP contribution in [0.15, 0.2) is 23.6 Å². The molecular formula is C15H16ClN3S.